The number of rotatable bonds is 4. The second kappa shape index (κ2) is 8.22. The van der Waals surface area contributed by atoms with Crippen LogP contribution in [0.2, 0.25) is 0 Å². The highest BCUT2D eigenvalue weighted by molar-refractivity contribution is 5.80. The molecule has 1 atom stereocenters. The first-order chi connectivity index (χ1) is 10.9. The lowest BCUT2D eigenvalue weighted by molar-refractivity contribution is -0.143. The van der Waals surface area contributed by atoms with Crippen LogP contribution >= 0.6 is 0 Å². The van der Waals surface area contributed by atoms with Gasteiger partial charge in [0, 0.05) is 31.7 Å². The lowest BCUT2D eigenvalue weighted by Crippen LogP contribution is -2.49. The van der Waals surface area contributed by atoms with E-state index in [1.165, 1.54) is 17.7 Å². The van der Waals surface area contributed by atoms with Crippen LogP contribution in [0.4, 0.5) is 13.2 Å². The van der Waals surface area contributed by atoms with E-state index in [0.717, 1.165) is 31.1 Å². The summed E-state index contributed by atoms with van der Waals surface area (Å²) in [5, 5.41) is 6.79. The van der Waals surface area contributed by atoms with Gasteiger partial charge in [0.05, 0.1) is 6.54 Å². The molecule has 0 amide bonds. The molecule has 2 N–H and O–H groups in total. The van der Waals surface area contributed by atoms with Crippen molar-refractivity contribution in [3.05, 3.63) is 0 Å². The molecular formula is C16H29F3N4. The predicted octanol–water partition coefficient (Wildman–Crippen LogP) is 2.76. The van der Waals surface area contributed by atoms with Crippen molar-refractivity contribution in [3.63, 3.8) is 0 Å². The first-order valence-electron chi connectivity index (χ1n) is 8.72. The molecule has 2 fully saturated rings. The summed E-state index contributed by atoms with van der Waals surface area (Å²) in [4.78, 5) is 5.92. The number of hydrogen-bond acceptors (Lipinski definition) is 2. The molecule has 1 heterocycles. The zero-order chi connectivity index (χ0) is 16.9. The Bertz CT molecular complexity index is 389. The Hall–Kier alpha value is -0.980. The van der Waals surface area contributed by atoms with Crippen LogP contribution in [-0.4, -0.2) is 55.3 Å². The van der Waals surface area contributed by atoms with E-state index < -0.39 is 12.7 Å². The number of alkyl halides is 3. The Labute approximate surface area is 136 Å². The maximum Gasteiger partial charge on any atom is 0.401 e. The second-order valence-corrected chi connectivity index (χ2v) is 6.90. The fourth-order valence-electron chi connectivity index (χ4n) is 3.43. The van der Waals surface area contributed by atoms with Crippen LogP contribution in [0.3, 0.4) is 0 Å². The number of halogens is 3. The summed E-state index contributed by atoms with van der Waals surface area (Å²) in [7, 11) is 0. The van der Waals surface area contributed by atoms with Gasteiger partial charge >= 0.3 is 6.18 Å². The van der Waals surface area contributed by atoms with Crippen LogP contribution < -0.4 is 10.6 Å². The Morgan fingerprint density at radius 3 is 2.35 bits per heavy atom. The monoisotopic (exact) mass is 334 g/mol. The van der Waals surface area contributed by atoms with Crippen molar-refractivity contribution in [1.29, 1.82) is 0 Å². The summed E-state index contributed by atoms with van der Waals surface area (Å²) in [6.07, 6.45) is 1.32. The molecule has 0 aromatic rings. The quantitative estimate of drug-likeness (QED) is 0.613. The summed E-state index contributed by atoms with van der Waals surface area (Å²) in [5.41, 5.74) is 0. The molecule has 1 saturated carbocycles. The van der Waals surface area contributed by atoms with Gasteiger partial charge in [-0.25, -0.2) is 0 Å². The van der Waals surface area contributed by atoms with Crippen molar-refractivity contribution in [2.24, 2.45) is 10.9 Å². The van der Waals surface area contributed by atoms with Gasteiger partial charge in [0.15, 0.2) is 5.96 Å². The van der Waals surface area contributed by atoms with E-state index in [1.54, 1.807) is 0 Å². The molecule has 1 unspecified atom stereocenters. The third-order valence-corrected chi connectivity index (χ3v) is 4.69. The standard InChI is InChI=1S/C16H29F3N4/c1-3-20-15(21-13-6-4-12(2)5-7-13)22-14-8-9-23(10-14)11-16(17,18)19/h12-14H,3-11H2,1-2H3,(H2,20,21,22). The van der Waals surface area contributed by atoms with Crippen LogP contribution in [0.15, 0.2) is 4.99 Å². The lowest BCUT2D eigenvalue weighted by atomic mass is 9.87. The summed E-state index contributed by atoms with van der Waals surface area (Å²) >= 11 is 0. The van der Waals surface area contributed by atoms with E-state index in [9.17, 15) is 13.2 Å². The first kappa shape index (κ1) is 18.4. The van der Waals surface area contributed by atoms with Crippen molar-refractivity contribution < 1.29 is 13.2 Å². The van der Waals surface area contributed by atoms with Gasteiger partial charge in [-0.1, -0.05) is 6.92 Å². The SMILES string of the molecule is CCN=C(NC1CCC(C)CC1)NC1CCN(CC(F)(F)F)C1. The van der Waals surface area contributed by atoms with Gasteiger partial charge in [0.1, 0.15) is 0 Å². The van der Waals surface area contributed by atoms with Crippen LogP contribution in [0.5, 0.6) is 0 Å². The highest BCUT2D eigenvalue weighted by Gasteiger charge is 2.34. The molecule has 134 valence electrons. The number of nitrogens with zero attached hydrogens (tertiary/aromatic N) is 2. The van der Waals surface area contributed by atoms with Gasteiger partial charge in [0.2, 0.25) is 0 Å². The highest BCUT2D eigenvalue weighted by Crippen LogP contribution is 2.23. The molecule has 1 aliphatic carbocycles. The van der Waals surface area contributed by atoms with Crippen molar-refractivity contribution in [3.8, 4) is 0 Å². The zero-order valence-corrected chi connectivity index (χ0v) is 14.1. The minimum absolute atomic E-state index is 0.0395. The molecule has 0 aromatic heterocycles. The summed E-state index contributed by atoms with van der Waals surface area (Å²) in [6.45, 7) is 5.00. The molecule has 7 heteroatoms. The fourth-order valence-corrected chi connectivity index (χ4v) is 3.43. The third kappa shape index (κ3) is 6.57. The van der Waals surface area contributed by atoms with Crippen LogP contribution in [-0.2, 0) is 0 Å². The molecule has 0 aromatic carbocycles. The second-order valence-electron chi connectivity index (χ2n) is 6.90. The molecular weight excluding hydrogens is 305 g/mol. The lowest BCUT2D eigenvalue weighted by Gasteiger charge is -2.29. The molecule has 0 bridgehead atoms. The number of likely N-dealkylation sites (tertiary alicyclic amines) is 1. The Morgan fingerprint density at radius 2 is 1.74 bits per heavy atom. The molecule has 4 nitrogen and oxygen atoms in total. The average molecular weight is 334 g/mol. The molecule has 23 heavy (non-hydrogen) atoms. The summed E-state index contributed by atoms with van der Waals surface area (Å²) in [5.74, 6) is 1.55. The van der Waals surface area contributed by atoms with E-state index in [1.807, 2.05) is 6.92 Å². The number of aliphatic imine (C=N–C) groups is 1. The summed E-state index contributed by atoms with van der Waals surface area (Å²) in [6, 6.07) is 0.467. The van der Waals surface area contributed by atoms with Gasteiger partial charge in [-0.2, -0.15) is 13.2 Å². The molecule has 2 aliphatic rings. The number of guanidine groups is 1. The van der Waals surface area contributed by atoms with Crippen molar-refractivity contribution in [1.82, 2.24) is 15.5 Å². The van der Waals surface area contributed by atoms with E-state index in [0.29, 0.717) is 25.7 Å². The third-order valence-electron chi connectivity index (χ3n) is 4.69. The molecule has 0 spiro atoms. The summed E-state index contributed by atoms with van der Waals surface area (Å²) < 4.78 is 37.4. The van der Waals surface area contributed by atoms with Gasteiger partial charge < -0.3 is 10.6 Å². The minimum Gasteiger partial charge on any atom is -0.354 e. The Balaban J connectivity index is 1.80. The van der Waals surface area contributed by atoms with Gasteiger partial charge in [-0.3, -0.25) is 9.89 Å². The molecule has 1 saturated heterocycles. The normalized spacial score (nSPS) is 30.5. The van der Waals surface area contributed by atoms with Crippen LogP contribution in [0.1, 0.15) is 46.0 Å². The molecule has 1 aliphatic heterocycles. The van der Waals surface area contributed by atoms with Crippen molar-refractivity contribution in [2.45, 2.75) is 64.2 Å². The van der Waals surface area contributed by atoms with Gasteiger partial charge in [-0.05, 0) is 44.9 Å². The smallest absolute Gasteiger partial charge is 0.354 e. The average Bonchev–Trinajstić information content (AvgIpc) is 2.86. The highest BCUT2D eigenvalue weighted by atomic mass is 19.4. The van der Waals surface area contributed by atoms with E-state index in [2.05, 4.69) is 22.5 Å². The van der Waals surface area contributed by atoms with Crippen molar-refractivity contribution >= 4 is 5.96 Å². The Morgan fingerprint density at radius 1 is 1.09 bits per heavy atom. The first-order valence-corrected chi connectivity index (χ1v) is 8.72. The van der Waals surface area contributed by atoms with E-state index >= 15 is 0 Å². The minimum atomic E-state index is -4.12. The van der Waals surface area contributed by atoms with Crippen LogP contribution in [0, 0.1) is 5.92 Å². The van der Waals surface area contributed by atoms with Gasteiger partial charge in [-0.15, -0.1) is 0 Å². The molecule has 2 rings (SSSR count). The number of nitrogens with one attached hydrogen (secondary N) is 2. The largest absolute Gasteiger partial charge is 0.401 e. The zero-order valence-electron chi connectivity index (χ0n) is 14.1. The maximum atomic E-state index is 12.5. The van der Waals surface area contributed by atoms with Crippen LogP contribution in [0.25, 0.3) is 0 Å². The predicted molar refractivity (Wildman–Crippen MR) is 86.6 cm³/mol. The number of hydrogen-bond donors (Lipinski definition) is 2. The van der Waals surface area contributed by atoms with E-state index in [4.69, 9.17) is 0 Å². The topological polar surface area (TPSA) is 39.7 Å². The van der Waals surface area contributed by atoms with Crippen molar-refractivity contribution in [2.75, 3.05) is 26.2 Å². The van der Waals surface area contributed by atoms with Gasteiger partial charge in [0.25, 0.3) is 0 Å². The fraction of sp³-hybridized carbons (Fsp3) is 0.938. The molecule has 0 radical (unpaired) electrons. The Kier molecular flexibility index (Phi) is 6.56. The maximum absolute atomic E-state index is 12.5. The van der Waals surface area contributed by atoms with E-state index in [-0.39, 0.29) is 6.04 Å².